The number of imide groups is 2. The molecule has 2 N–H and O–H groups in total. The van der Waals surface area contributed by atoms with Gasteiger partial charge in [-0.05, 0) is 82.2 Å². The fourth-order valence-electron chi connectivity index (χ4n) is 3.52. The zero-order valence-electron chi connectivity index (χ0n) is 19.9. The van der Waals surface area contributed by atoms with Gasteiger partial charge in [-0.3, -0.25) is 19.7 Å². The molecule has 1 heterocycles. The van der Waals surface area contributed by atoms with Crippen LogP contribution in [0.25, 0.3) is 6.08 Å². The maximum Gasteiger partial charge on any atom is 0.335 e. The summed E-state index contributed by atoms with van der Waals surface area (Å²) in [5, 5.41) is 5.86. The lowest BCUT2D eigenvalue weighted by atomic mass is 10.1. The van der Waals surface area contributed by atoms with Crippen LogP contribution >= 0.6 is 50.7 Å². The van der Waals surface area contributed by atoms with E-state index in [0.29, 0.717) is 25.8 Å². The van der Waals surface area contributed by atoms with Crippen molar-refractivity contribution in [2.75, 3.05) is 23.9 Å². The van der Waals surface area contributed by atoms with Gasteiger partial charge in [0, 0.05) is 10.7 Å². The van der Waals surface area contributed by atoms with Crippen LogP contribution in [0.15, 0.2) is 64.6 Å². The molecular weight excluding hydrogens is 637 g/mol. The number of ether oxygens (including phenoxy) is 2. The van der Waals surface area contributed by atoms with E-state index in [1.165, 1.54) is 49.6 Å². The predicted octanol–water partition coefficient (Wildman–Crippen LogP) is 6.10. The quantitative estimate of drug-likeness (QED) is 0.235. The second kappa shape index (κ2) is 12.1. The molecule has 0 aliphatic carbocycles. The molecule has 0 saturated carbocycles. The molecule has 13 heteroatoms. The molecule has 1 aliphatic rings. The smallest absolute Gasteiger partial charge is 0.335 e. The number of carbonyl (C=O) groups is 4. The number of rotatable bonds is 7. The van der Waals surface area contributed by atoms with Crippen molar-refractivity contribution in [1.29, 1.82) is 0 Å². The van der Waals surface area contributed by atoms with Gasteiger partial charge in [-0.25, -0.2) is 9.69 Å². The molecule has 1 saturated heterocycles. The number of amides is 5. The van der Waals surface area contributed by atoms with Crippen LogP contribution in [-0.2, 0) is 14.4 Å². The summed E-state index contributed by atoms with van der Waals surface area (Å²) in [5.74, 6) is -1.72. The number of hydrogen-bond donors (Lipinski definition) is 2. The molecule has 9 nitrogen and oxygen atoms in total. The van der Waals surface area contributed by atoms with Crippen LogP contribution in [0, 0.1) is 0 Å². The number of methoxy groups -OCH3 is 1. The maximum atomic E-state index is 13.1. The molecule has 1 fully saturated rings. The lowest BCUT2D eigenvalue weighted by molar-refractivity contribution is -0.122. The highest BCUT2D eigenvalue weighted by Crippen LogP contribution is 2.37. The number of nitrogens with one attached hydrogen (secondary N) is 2. The summed E-state index contributed by atoms with van der Waals surface area (Å²) in [6.07, 6.45) is 1.31. The van der Waals surface area contributed by atoms with E-state index < -0.39 is 23.8 Å². The minimum absolute atomic E-state index is 0.210. The third kappa shape index (κ3) is 6.54. The fourth-order valence-corrected chi connectivity index (χ4v) is 4.52. The zero-order chi connectivity index (χ0) is 28.3. The van der Waals surface area contributed by atoms with Gasteiger partial charge in [-0.1, -0.05) is 34.8 Å². The number of halogens is 4. The van der Waals surface area contributed by atoms with Crippen molar-refractivity contribution in [3.8, 4) is 11.5 Å². The van der Waals surface area contributed by atoms with Crippen LogP contribution < -0.4 is 25.0 Å². The molecule has 0 aromatic heterocycles. The first kappa shape index (κ1) is 28.4. The van der Waals surface area contributed by atoms with Crippen LogP contribution in [0.2, 0.25) is 15.1 Å². The molecule has 0 radical (unpaired) electrons. The third-order valence-electron chi connectivity index (χ3n) is 5.30. The number of hydrogen-bond acceptors (Lipinski definition) is 6. The largest absolute Gasteiger partial charge is 0.493 e. The highest BCUT2D eigenvalue weighted by Gasteiger charge is 2.36. The van der Waals surface area contributed by atoms with Gasteiger partial charge in [-0.2, -0.15) is 0 Å². The number of nitrogens with zero attached hydrogens (tertiary/aromatic N) is 1. The molecular formula is C26H17BrCl3N3O6. The Morgan fingerprint density at radius 2 is 1.74 bits per heavy atom. The van der Waals surface area contributed by atoms with Crippen molar-refractivity contribution >= 4 is 91.9 Å². The summed E-state index contributed by atoms with van der Waals surface area (Å²) in [6.45, 7) is -0.366. The van der Waals surface area contributed by atoms with Crippen molar-refractivity contribution in [2.24, 2.45) is 0 Å². The predicted molar refractivity (Wildman–Crippen MR) is 152 cm³/mol. The van der Waals surface area contributed by atoms with Crippen molar-refractivity contribution in [1.82, 2.24) is 5.32 Å². The van der Waals surface area contributed by atoms with Crippen molar-refractivity contribution in [3.63, 3.8) is 0 Å². The van der Waals surface area contributed by atoms with Gasteiger partial charge < -0.3 is 14.8 Å². The van der Waals surface area contributed by atoms with Crippen molar-refractivity contribution < 1.29 is 28.7 Å². The number of barbiturate groups is 1. The Kier molecular flexibility index (Phi) is 8.81. The molecule has 5 amide bonds. The Morgan fingerprint density at radius 3 is 2.41 bits per heavy atom. The van der Waals surface area contributed by atoms with E-state index in [1.54, 1.807) is 18.2 Å². The van der Waals surface area contributed by atoms with Gasteiger partial charge in [0.1, 0.15) is 5.57 Å². The van der Waals surface area contributed by atoms with Gasteiger partial charge in [-0.15, -0.1) is 0 Å². The molecule has 3 aromatic carbocycles. The third-order valence-corrected chi connectivity index (χ3v) is 6.88. The summed E-state index contributed by atoms with van der Waals surface area (Å²) in [4.78, 5) is 51.3. The highest BCUT2D eigenvalue weighted by molar-refractivity contribution is 9.10. The lowest BCUT2D eigenvalue weighted by Crippen LogP contribution is -2.54. The van der Waals surface area contributed by atoms with Crippen molar-refractivity contribution in [2.45, 2.75) is 0 Å². The van der Waals surface area contributed by atoms with Crippen LogP contribution in [0.1, 0.15) is 5.56 Å². The number of anilines is 2. The van der Waals surface area contributed by atoms with Crippen LogP contribution in [0.5, 0.6) is 11.5 Å². The van der Waals surface area contributed by atoms with Gasteiger partial charge in [0.25, 0.3) is 17.7 Å². The Labute approximate surface area is 245 Å². The van der Waals surface area contributed by atoms with E-state index in [1.807, 2.05) is 0 Å². The summed E-state index contributed by atoms with van der Waals surface area (Å²) >= 11 is 21.1. The standard InChI is InChI=1S/C26H17BrCl3N3O6/c1-38-21-10-13(8-17-24(35)32-26(37)33(25(17)36)16-5-2-14(28)3-6-16)9-18(27)23(21)39-12-22(34)31-15-4-7-19(29)20(30)11-15/h2-11H,12H2,1H3,(H,31,34)(H,32,35,37)/b17-8-. The number of urea groups is 1. The summed E-state index contributed by atoms with van der Waals surface area (Å²) in [7, 11) is 1.39. The number of carbonyl (C=O) groups excluding carboxylic acids is 4. The molecule has 0 atom stereocenters. The first-order chi connectivity index (χ1) is 18.6. The second-order valence-corrected chi connectivity index (χ2v) is 10.0. The molecule has 0 unspecified atom stereocenters. The van der Waals surface area contributed by atoms with E-state index in [9.17, 15) is 19.2 Å². The number of benzene rings is 3. The lowest BCUT2D eigenvalue weighted by Gasteiger charge is -2.26. The van der Waals surface area contributed by atoms with E-state index in [-0.39, 0.29) is 34.4 Å². The summed E-state index contributed by atoms with van der Waals surface area (Å²) in [5.41, 5.74) is 0.776. The van der Waals surface area contributed by atoms with E-state index in [4.69, 9.17) is 44.3 Å². The fraction of sp³-hybridized carbons (Fsp3) is 0.0769. The first-order valence-corrected chi connectivity index (χ1v) is 12.9. The second-order valence-electron chi connectivity index (χ2n) is 7.93. The van der Waals surface area contributed by atoms with E-state index in [0.717, 1.165) is 4.90 Å². The average molecular weight is 654 g/mol. The first-order valence-electron chi connectivity index (χ1n) is 11.0. The highest BCUT2D eigenvalue weighted by atomic mass is 79.9. The minimum atomic E-state index is -0.883. The maximum absolute atomic E-state index is 13.1. The van der Waals surface area contributed by atoms with Crippen LogP contribution in [-0.4, -0.2) is 37.5 Å². The van der Waals surface area contributed by atoms with Crippen molar-refractivity contribution in [3.05, 3.63) is 85.3 Å². The molecule has 3 aromatic rings. The normalized spacial score (nSPS) is 14.3. The topological polar surface area (TPSA) is 114 Å². The molecule has 200 valence electrons. The van der Waals surface area contributed by atoms with Gasteiger partial charge in [0.2, 0.25) is 0 Å². The molecule has 39 heavy (non-hydrogen) atoms. The summed E-state index contributed by atoms with van der Waals surface area (Å²) in [6, 6.07) is 12.8. The molecule has 1 aliphatic heterocycles. The van der Waals surface area contributed by atoms with Crippen LogP contribution in [0.3, 0.4) is 0 Å². The average Bonchev–Trinajstić information content (AvgIpc) is 2.88. The Bertz CT molecular complexity index is 1530. The van der Waals surface area contributed by atoms with Crippen LogP contribution in [0.4, 0.5) is 16.2 Å². The molecule has 4 rings (SSSR count). The monoisotopic (exact) mass is 651 g/mol. The van der Waals surface area contributed by atoms with Gasteiger partial charge in [0.15, 0.2) is 18.1 Å². The Morgan fingerprint density at radius 1 is 1.03 bits per heavy atom. The van der Waals surface area contributed by atoms with E-state index in [2.05, 4.69) is 26.6 Å². The molecule has 0 bridgehead atoms. The SMILES string of the molecule is COc1cc(/C=C2/C(=O)NC(=O)N(c3ccc(Cl)cc3)C2=O)cc(Br)c1OCC(=O)Nc1ccc(Cl)c(Cl)c1. The zero-order valence-corrected chi connectivity index (χ0v) is 23.7. The Balaban J connectivity index is 1.54. The van der Waals surface area contributed by atoms with Gasteiger partial charge >= 0.3 is 6.03 Å². The van der Waals surface area contributed by atoms with Gasteiger partial charge in [0.05, 0.1) is 27.3 Å². The Hall–Kier alpha value is -3.57. The minimum Gasteiger partial charge on any atom is -0.493 e. The summed E-state index contributed by atoms with van der Waals surface area (Å²) < 4.78 is 11.4. The molecule has 0 spiro atoms. The van der Waals surface area contributed by atoms with E-state index >= 15 is 0 Å².